The monoisotopic (exact) mass is 289 g/mol. The second kappa shape index (κ2) is 7.22. The van der Waals surface area contributed by atoms with Gasteiger partial charge >= 0.3 is 0 Å². The molecular weight excluding hydrogens is 266 g/mol. The molecule has 1 aliphatic rings. The average Bonchev–Trinajstić information content (AvgIpc) is 2.93. The molecule has 2 amide bonds. The topological polar surface area (TPSA) is 61.4 Å². The summed E-state index contributed by atoms with van der Waals surface area (Å²) in [6.45, 7) is 3.95. The van der Waals surface area contributed by atoms with Crippen molar-refractivity contribution in [1.29, 1.82) is 0 Å². The van der Waals surface area contributed by atoms with Crippen molar-refractivity contribution in [2.24, 2.45) is 5.92 Å². The van der Waals surface area contributed by atoms with Gasteiger partial charge in [0, 0.05) is 32.6 Å². The second-order valence-electron chi connectivity index (χ2n) is 5.64. The molecule has 5 nitrogen and oxygen atoms in total. The summed E-state index contributed by atoms with van der Waals surface area (Å²) in [5.74, 6) is 0.479. The van der Waals surface area contributed by atoms with Crippen LogP contribution in [0.25, 0.3) is 0 Å². The first kappa shape index (κ1) is 15.5. The standard InChI is InChI=1S/C16H23N3O2/c1-12(20)19(2)11-14-5-3-4-6-15(14)18-16(21)9-13-7-8-17-10-13/h3-6,13,17H,7-11H2,1-2H3,(H,18,21). The van der Waals surface area contributed by atoms with E-state index in [0.717, 1.165) is 30.8 Å². The summed E-state index contributed by atoms with van der Waals surface area (Å²) in [4.78, 5) is 25.1. The van der Waals surface area contributed by atoms with Crippen LogP contribution in [0.2, 0.25) is 0 Å². The maximum Gasteiger partial charge on any atom is 0.224 e. The van der Waals surface area contributed by atoms with Crippen LogP contribution in [0.1, 0.15) is 25.3 Å². The number of rotatable bonds is 5. The summed E-state index contributed by atoms with van der Waals surface area (Å²) < 4.78 is 0. The molecule has 1 aromatic carbocycles. The van der Waals surface area contributed by atoms with Crippen molar-refractivity contribution in [3.63, 3.8) is 0 Å². The molecule has 0 aromatic heterocycles. The Labute approximate surface area is 125 Å². The molecule has 0 saturated carbocycles. The van der Waals surface area contributed by atoms with Gasteiger partial charge in [0.2, 0.25) is 11.8 Å². The number of para-hydroxylation sites is 1. The van der Waals surface area contributed by atoms with Crippen molar-refractivity contribution in [2.45, 2.75) is 26.3 Å². The maximum absolute atomic E-state index is 12.1. The largest absolute Gasteiger partial charge is 0.342 e. The SMILES string of the molecule is CC(=O)N(C)Cc1ccccc1NC(=O)CC1CCNC1. The Morgan fingerprint density at radius 2 is 2.14 bits per heavy atom. The van der Waals surface area contributed by atoms with Gasteiger partial charge in [-0.15, -0.1) is 0 Å². The molecule has 21 heavy (non-hydrogen) atoms. The van der Waals surface area contributed by atoms with Gasteiger partial charge in [0.1, 0.15) is 0 Å². The Morgan fingerprint density at radius 3 is 2.81 bits per heavy atom. The van der Waals surface area contributed by atoms with E-state index in [2.05, 4.69) is 10.6 Å². The Bertz CT molecular complexity index is 510. The van der Waals surface area contributed by atoms with Crippen LogP contribution in [0.15, 0.2) is 24.3 Å². The summed E-state index contributed by atoms with van der Waals surface area (Å²) in [5, 5.41) is 6.24. The fourth-order valence-electron chi connectivity index (χ4n) is 2.50. The minimum atomic E-state index is 0.00756. The number of nitrogens with zero attached hydrogens (tertiary/aromatic N) is 1. The maximum atomic E-state index is 12.1. The molecule has 5 heteroatoms. The molecule has 1 aromatic rings. The van der Waals surface area contributed by atoms with Gasteiger partial charge in [-0.1, -0.05) is 18.2 Å². The van der Waals surface area contributed by atoms with Gasteiger partial charge in [0.15, 0.2) is 0 Å². The van der Waals surface area contributed by atoms with Crippen molar-refractivity contribution in [3.05, 3.63) is 29.8 Å². The van der Waals surface area contributed by atoms with Crippen molar-refractivity contribution >= 4 is 17.5 Å². The average molecular weight is 289 g/mol. The van der Waals surface area contributed by atoms with E-state index in [-0.39, 0.29) is 11.8 Å². The smallest absolute Gasteiger partial charge is 0.224 e. The van der Waals surface area contributed by atoms with Gasteiger partial charge in [-0.3, -0.25) is 9.59 Å². The highest BCUT2D eigenvalue weighted by Crippen LogP contribution is 2.19. The van der Waals surface area contributed by atoms with Gasteiger partial charge in [-0.2, -0.15) is 0 Å². The van der Waals surface area contributed by atoms with Crippen LogP contribution in [-0.2, 0) is 16.1 Å². The molecule has 2 N–H and O–H groups in total. The molecule has 0 spiro atoms. The van der Waals surface area contributed by atoms with Gasteiger partial charge < -0.3 is 15.5 Å². The zero-order chi connectivity index (χ0) is 15.2. The van der Waals surface area contributed by atoms with Crippen molar-refractivity contribution < 1.29 is 9.59 Å². The summed E-state index contributed by atoms with van der Waals surface area (Å²) >= 11 is 0. The third kappa shape index (κ3) is 4.56. The number of hydrogen-bond acceptors (Lipinski definition) is 3. The highest BCUT2D eigenvalue weighted by molar-refractivity contribution is 5.91. The fourth-order valence-corrected chi connectivity index (χ4v) is 2.50. The Morgan fingerprint density at radius 1 is 1.38 bits per heavy atom. The Kier molecular flexibility index (Phi) is 5.33. The number of nitrogens with one attached hydrogen (secondary N) is 2. The summed E-state index contributed by atoms with van der Waals surface area (Å²) in [6, 6.07) is 7.63. The molecule has 1 unspecified atom stereocenters. The van der Waals surface area contributed by atoms with Crippen LogP contribution >= 0.6 is 0 Å². The zero-order valence-electron chi connectivity index (χ0n) is 12.7. The quantitative estimate of drug-likeness (QED) is 0.865. The van der Waals surface area contributed by atoms with Gasteiger partial charge in [0.25, 0.3) is 0 Å². The van der Waals surface area contributed by atoms with Crippen LogP contribution in [0.3, 0.4) is 0 Å². The van der Waals surface area contributed by atoms with E-state index in [1.807, 2.05) is 24.3 Å². The molecule has 0 radical (unpaired) electrons. The number of anilines is 1. The molecule has 1 saturated heterocycles. The van der Waals surface area contributed by atoms with Gasteiger partial charge in [-0.25, -0.2) is 0 Å². The minimum absolute atomic E-state index is 0.00756. The van der Waals surface area contributed by atoms with Crippen molar-refractivity contribution in [2.75, 3.05) is 25.5 Å². The lowest BCUT2D eigenvalue weighted by Gasteiger charge is -2.18. The Hall–Kier alpha value is -1.88. The van der Waals surface area contributed by atoms with Crippen molar-refractivity contribution in [1.82, 2.24) is 10.2 Å². The molecule has 114 valence electrons. The third-order valence-corrected chi connectivity index (χ3v) is 3.87. The summed E-state index contributed by atoms with van der Waals surface area (Å²) in [6.07, 6.45) is 1.60. The van der Waals surface area contributed by atoms with Crippen LogP contribution < -0.4 is 10.6 Å². The van der Waals surface area contributed by atoms with E-state index in [4.69, 9.17) is 0 Å². The van der Waals surface area contributed by atoms with Crippen LogP contribution in [0, 0.1) is 5.92 Å². The lowest BCUT2D eigenvalue weighted by atomic mass is 10.0. The number of amides is 2. The molecule has 0 aliphatic carbocycles. The number of benzene rings is 1. The van der Waals surface area contributed by atoms with Crippen LogP contribution in [-0.4, -0.2) is 36.9 Å². The molecular formula is C16H23N3O2. The van der Waals surface area contributed by atoms with E-state index in [9.17, 15) is 9.59 Å². The number of hydrogen-bond donors (Lipinski definition) is 2. The fraction of sp³-hybridized carbons (Fsp3) is 0.500. The van der Waals surface area contributed by atoms with E-state index < -0.39 is 0 Å². The molecule has 0 bridgehead atoms. The molecule has 1 fully saturated rings. The Balaban J connectivity index is 1.98. The lowest BCUT2D eigenvalue weighted by Crippen LogP contribution is -2.24. The van der Waals surface area contributed by atoms with E-state index in [1.165, 1.54) is 6.92 Å². The zero-order valence-corrected chi connectivity index (χ0v) is 12.7. The lowest BCUT2D eigenvalue weighted by molar-refractivity contribution is -0.128. The normalized spacial score (nSPS) is 17.5. The first-order chi connectivity index (χ1) is 10.1. The van der Waals surface area contributed by atoms with Crippen LogP contribution in [0.4, 0.5) is 5.69 Å². The third-order valence-electron chi connectivity index (χ3n) is 3.87. The molecule has 2 rings (SSSR count). The van der Waals surface area contributed by atoms with Gasteiger partial charge in [0.05, 0.1) is 0 Å². The summed E-state index contributed by atoms with van der Waals surface area (Å²) in [7, 11) is 1.76. The highest BCUT2D eigenvalue weighted by Gasteiger charge is 2.18. The number of carbonyl (C=O) groups is 2. The predicted octanol–water partition coefficient (Wildman–Crippen LogP) is 1.60. The molecule has 1 aliphatic heterocycles. The summed E-state index contributed by atoms with van der Waals surface area (Å²) in [5.41, 5.74) is 1.75. The van der Waals surface area contributed by atoms with Crippen molar-refractivity contribution in [3.8, 4) is 0 Å². The first-order valence-electron chi connectivity index (χ1n) is 7.36. The predicted molar refractivity (Wildman–Crippen MR) is 82.8 cm³/mol. The highest BCUT2D eigenvalue weighted by atomic mass is 16.2. The second-order valence-corrected chi connectivity index (χ2v) is 5.64. The minimum Gasteiger partial charge on any atom is -0.342 e. The number of carbonyl (C=O) groups excluding carboxylic acids is 2. The van der Waals surface area contributed by atoms with E-state index >= 15 is 0 Å². The van der Waals surface area contributed by atoms with E-state index in [1.54, 1.807) is 11.9 Å². The molecule has 1 heterocycles. The van der Waals surface area contributed by atoms with Crippen LogP contribution in [0.5, 0.6) is 0 Å². The van der Waals surface area contributed by atoms with Gasteiger partial charge in [-0.05, 0) is 37.1 Å². The van der Waals surface area contributed by atoms with E-state index in [0.29, 0.717) is 18.9 Å². The first-order valence-corrected chi connectivity index (χ1v) is 7.36. The molecule has 1 atom stereocenters.